The summed E-state index contributed by atoms with van der Waals surface area (Å²) >= 11 is 3.06. The highest BCUT2D eigenvalue weighted by Gasteiger charge is 2.13. The highest BCUT2D eigenvalue weighted by molar-refractivity contribution is 9.10. The van der Waals surface area contributed by atoms with E-state index in [4.69, 9.17) is 0 Å². The Kier molecular flexibility index (Phi) is 4.71. The lowest BCUT2D eigenvalue weighted by Gasteiger charge is -2.03. The van der Waals surface area contributed by atoms with Gasteiger partial charge in [0.05, 0.1) is 13.7 Å². The molecule has 3 nitrogen and oxygen atoms in total. The van der Waals surface area contributed by atoms with E-state index in [1.54, 1.807) is 0 Å². The van der Waals surface area contributed by atoms with Crippen LogP contribution in [0.5, 0.6) is 0 Å². The van der Waals surface area contributed by atoms with Crippen LogP contribution in [0, 0.1) is 0 Å². The van der Waals surface area contributed by atoms with Gasteiger partial charge in [0, 0.05) is 7.11 Å². The molecule has 54 valence electrons. The monoisotopic (exact) mass is 196 g/mol. The van der Waals surface area contributed by atoms with E-state index in [9.17, 15) is 4.79 Å². The zero-order valence-corrected chi connectivity index (χ0v) is 6.97. The zero-order valence-electron chi connectivity index (χ0n) is 5.39. The third-order valence-electron chi connectivity index (χ3n) is 0.770. The highest BCUT2D eigenvalue weighted by Crippen LogP contribution is 2.00. The SMILES string of the molecule is COC[C@@H](Br)C(=O)OC. The van der Waals surface area contributed by atoms with Gasteiger partial charge in [0.15, 0.2) is 0 Å². The summed E-state index contributed by atoms with van der Waals surface area (Å²) in [5.41, 5.74) is 0. The number of rotatable bonds is 3. The van der Waals surface area contributed by atoms with E-state index in [0.29, 0.717) is 6.61 Å². The fraction of sp³-hybridized carbons (Fsp3) is 0.800. The summed E-state index contributed by atoms with van der Waals surface area (Å²) in [6, 6.07) is 0. The highest BCUT2D eigenvalue weighted by atomic mass is 79.9. The Labute approximate surface area is 62.5 Å². The fourth-order valence-corrected chi connectivity index (χ4v) is 0.793. The van der Waals surface area contributed by atoms with Gasteiger partial charge in [-0.2, -0.15) is 0 Å². The van der Waals surface area contributed by atoms with E-state index in [1.165, 1.54) is 14.2 Å². The number of hydrogen-bond donors (Lipinski definition) is 0. The summed E-state index contributed by atoms with van der Waals surface area (Å²) in [7, 11) is 2.86. The molecule has 0 aliphatic heterocycles. The summed E-state index contributed by atoms with van der Waals surface area (Å²) in [6.45, 7) is 0.340. The average Bonchev–Trinajstić information content (AvgIpc) is 1.87. The lowest BCUT2D eigenvalue weighted by atomic mass is 10.5. The summed E-state index contributed by atoms with van der Waals surface area (Å²) in [6.07, 6.45) is 0. The average molecular weight is 197 g/mol. The first-order valence-electron chi connectivity index (χ1n) is 2.43. The van der Waals surface area contributed by atoms with Crippen molar-refractivity contribution in [2.45, 2.75) is 4.83 Å². The number of carbonyl (C=O) groups excluding carboxylic acids is 1. The second-order valence-electron chi connectivity index (χ2n) is 1.45. The van der Waals surface area contributed by atoms with Crippen molar-refractivity contribution < 1.29 is 14.3 Å². The molecule has 0 rings (SSSR count). The second kappa shape index (κ2) is 4.76. The minimum atomic E-state index is -0.340. The van der Waals surface area contributed by atoms with Gasteiger partial charge in [-0.1, -0.05) is 15.9 Å². The van der Waals surface area contributed by atoms with E-state index in [2.05, 4.69) is 25.4 Å². The van der Waals surface area contributed by atoms with Crippen molar-refractivity contribution in [2.24, 2.45) is 0 Å². The normalized spacial score (nSPS) is 12.8. The van der Waals surface area contributed by atoms with Gasteiger partial charge in [-0.3, -0.25) is 4.79 Å². The maximum atomic E-state index is 10.6. The lowest BCUT2D eigenvalue weighted by molar-refractivity contribution is -0.140. The molecule has 0 saturated heterocycles. The maximum absolute atomic E-state index is 10.6. The Balaban J connectivity index is 3.45. The van der Waals surface area contributed by atoms with Gasteiger partial charge in [-0.05, 0) is 0 Å². The number of hydrogen-bond acceptors (Lipinski definition) is 3. The molecule has 0 aromatic carbocycles. The molecule has 0 N–H and O–H groups in total. The quantitative estimate of drug-likeness (QED) is 0.490. The molecule has 0 spiro atoms. The molecule has 4 heteroatoms. The van der Waals surface area contributed by atoms with Gasteiger partial charge in [0.2, 0.25) is 0 Å². The smallest absolute Gasteiger partial charge is 0.321 e. The van der Waals surface area contributed by atoms with Gasteiger partial charge in [-0.25, -0.2) is 0 Å². The zero-order chi connectivity index (χ0) is 7.28. The fourth-order valence-electron chi connectivity index (χ4n) is 0.342. The first-order chi connectivity index (χ1) is 4.22. The standard InChI is InChI=1S/C5H9BrO3/c1-8-3-4(6)5(7)9-2/h4H,3H2,1-2H3/t4-/m1/s1. The van der Waals surface area contributed by atoms with E-state index in [1.807, 2.05) is 0 Å². The van der Waals surface area contributed by atoms with Gasteiger partial charge in [-0.15, -0.1) is 0 Å². The Morgan fingerprint density at radius 3 is 2.56 bits per heavy atom. The molecular formula is C5H9BrO3. The molecule has 0 aliphatic rings. The van der Waals surface area contributed by atoms with Crippen molar-refractivity contribution in [2.75, 3.05) is 20.8 Å². The third-order valence-corrected chi connectivity index (χ3v) is 1.41. The molecule has 0 heterocycles. The predicted molar refractivity (Wildman–Crippen MR) is 36.6 cm³/mol. The topological polar surface area (TPSA) is 35.5 Å². The molecule has 0 radical (unpaired) electrons. The van der Waals surface area contributed by atoms with Crippen LogP contribution in [0.15, 0.2) is 0 Å². The molecule has 9 heavy (non-hydrogen) atoms. The number of ether oxygens (including phenoxy) is 2. The summed E-state index contributed by atoms with van der Waals surface area (Å²) in [5.74, 6) is -0.308. The molecule has 0 aromatic heterocycles. The van der Waals surface area contributed by atoms with Crippen molar-refractivity contribution in [1.82, 2.24) is 0 Å². The van der Waals surface area contributed by atoms with Crippen molar-refractivity contribution in [1.29, 1.82) is 0 Å². The Morgan fingerprint density at radius 2 is 2.22 bits per heavy atom. The number of esters is 1. The van der Waals surface area contributed by atoms with Gasteiger partial charge >= 0.3 is 5.97 Å². The molecule has 0 unspecified atom stereocenters. The first kappa shape index (κ1) is 8.91. The largest absolute Gasteiger partial charge is 0.468 e. The molecule has 1 atom stereocenters. The van der Waals surface area contributed by atoms with Crippen LogP contribution in [0.1, 0.15) is 0 Å². The predicted octanol–water partition coefficient (Wildman–Crippen LogP) is 0.569. The molecular weight excluding hydrogens is 188 g/mol. The second-order valence-corrected chi connectivity index (χ2v) is 2.55. The molecule has 0 aromatic rings. The number of methoxy groups -OCH3 is 2. The maximum Gasteiger partial charge on any atom is 0.321 e. The summed E-state index contributed by atoms with van der Waals surface area (Å²) in [5, 5.41) is 0. The van der Waals surface area contributed by atoms with Crippen LogP contribution >= 0.6 is 15.9 Å². The van der Waals surface area contributed by atoms with Crippen LogP contribution < -0.4 is 0 Å². The number of carbonyl (C=O) groups is 1. The van der Waals surface area contributed by atoms with E-state index < -0.39 is 0 Å². The van der Waals surface area contributed by atoms with Crippen LogP contribution in [0.4, 0.5) is 0 Å². The van der Waals surface area contributed by atoms with Crippen LogP contribution in [-0.4, -0.2) is 31.6 Å². The van der Waals surface area contributed by atoms with Gasteiger partial charge < -0.3 is 9.47 Å². The molecule has 0 saturated carbocycles. The minimum absolute atomic E-state index is 0.308. The Bertz CT molecular complexity index is 94.2. The van der Waals surface area contributed by atoms with Crippen molar-refractivity contribution in [3.63, 3.8) is 0 Å². The van der Waals surface area contributed by atoms with E-state index >= 15 is 0 Å². The van der Waals surface area contributed by atoms with Gasteiger partial charge in [0.1, 0.15) is 4.83 Å². The Hall–Kier alpha value is -0.0900. The summed E-state index contributed by atoms with van der Waals surface area (Å²) < 4.78 is 9.08. The van der Waals surface area contributed by atoms with Crippen LogP contribution in [-0.2, 0) is 14.3 Å². The Morgan fingerprint density at radius 1 is 1.67 bits per heavy atom. The van der Waals surface area contributed by atoms with Crippen LogP contribution in [0.2, 0.25) is 0 Å². The molecule has 0 amide bonds. The molecule has 0 aliphatic carbocycles. The van der Waals surface area contributed by atoms with Crippen molar-refractivity contribution >= 4 is 21.9 Å². The molecule has 0 fully saturated rings. The molecule has 0 bridgehead atoms. The van der Waals surface area contributed by atoms with Crippen LogP contribution in [0.3, 0.4) is 0 Å². The first-order valence-corrected chi connectivity index (χ1v) is 3.34. The van der Waals surface area contributed by atoms with Crippen molar-refractivity contribution in [3.8, 4) is 0 Å². The number of alkyl halides is 1. The van der Waals surface area contributed by atoms with Gasteiger partial charge in [0.25, 0.3) is 0 Å². The minimum Gasteiger partial charge on any atom is -0.468 e. The lowest BCUT2D eigenvalue weighted by Crippen LogP contribution is -2.20. The van der Waals surface area contributed by atoms with Crippen molar-refractivity contribution in [3.05, 3.63) is 0 Å². The number of halogens is 1. The van der Waals surface area contributed by atoms with E-state index in [-0.39, 0.29) is 10.8 Å². The van der Waals surface area contributed by atoms with Crippen LogP contribution in [0.25, 0.3) is 0 Å². The third kappa shape index (κ3) is 3.48. The van der Waals surface area contributed by atoms with E-state index in [0.717, 1.165) is 0 Å². The summed E-state index contributed by atoms with van der Waals surface area (Å²) in [4.78, 5) is 10.2.